The number of sulfonamides is 1. The molecule has 6 nitrogen and oxygen atoms in total. The Morgan fingerprint density at radius 1 is 1.11 bits per heavy atom. The monoisotopic (exact) mass is 419 g/mol. The average molecular weight is 420 g/mol. The quantitative estimate of drug-likeness (QED) is 0.675. The van der Waals surface area contributed by atoms with E-state index >= 15 is 0 Å². The third-order valence-electron chi connectivity index (χ3n) is 4.68. The molecule has 2 N–H and O–H groups in total. The van der Waals surface area contributed by atoms with Gasteiger partial charge in [0.15, 0.2) is 0 Å². The Labute approximate surface area is 170 Å². The molecular weight excluding hydrogens is 394 g/mol. The Kier molecular flexibility index (Phi) is 7.12. The van der Waals surface area contributed by atoms with E-state index in [4.69, 9.17) is 0 Å². The number of anilines is 1. The topological polar surface area (TPSA) is 78.5 Å². The Morgan fingerprint density at radius 2 is 1.82 bits per heavy atom. The van der Waals surface area contributed by atoms with Crippen LogP contribution in [0.2, 0.25) is 0 Å². The maximum atomic E-state index is 12.4. The molecule has 0 saturated carbocycles. The largest absolute Gasteiger partial charge is 0.325 e. The lowest BCUT2D eigenvalue weighted by atomic mass is 10.1. The van der Waals surface area contributed by atoms with Crippen LogP contribution in [0, 0.1) is 0 Å². The second-order valence-corrected chi connectivity index (χ2v) is 9.36. The van der Waals surface area contributed by atoms with Crippen LogP contribution in [0.4, 0.5) is 5.69 Å². The molecule has 0 spiro atoms. The van der Waals surface area contributed by atoms with Gasteiger partial charge in [0.2, 0.25) is 15.9 Å². The van der Waals surface area contributed by atoms with E-state index in [1.807, 2.05) is 30.5 Å². The van der Waals surface area contributed by atoms with Crippen molar-refractivity contribution in [2.75, 3.05) is 31.2 Å². The minimum absolute atomic E-state index is 0.0541. The zero-order valence-electron chi connectivity index (χ0n) is 15.8. The highest BCUT2D eigenvalue weighted by Gasteiger charge is 2.25. The smallest absolute Gasteiger partial charge is 0.240 e. The third kappa shape index (κ3) is 5.81. The van der Waals surface area contributed by atoms with Crippen molar-refractivity contribution in [1.29, 1.82) is 0 Å². The van der Waals surface area contributed by atoms with Gasteiger partial charge in [0.25, 0.3) is 0 Å². The van der Waals surface area contributed by atoms with Crippen LogP contribution in [-0.4, -0.2) is 51.2 Å². The van der Waals surface area contributed by atoms with Gasteiger partial charge in [0.1, 0.15) is 0 Å². The van der Waals surface area contributed by atoms with Crippen LogP contribution in [0.25, 0.3) is 0 Å². The molecule has 0 atom stereocenters. The van der Waals surface area contributed by atoms with Crippen molar-refractivity contribution in [2.45, 2.75) is 28.7 Å². The molecule has 1 amide bonds. The zero-order valence-corrected chi connectivity index (χ0v) is 17.4. The summed E-state index contributed by atoms with van der Waals surface area (Å²) in [5, 5.41) is 2.93. The lowest BCUT2D eigenvalue weighted by Gasteiger charge is -2.31. The van der Waals surface area contributed by atoms with Gasteiger partial charge in [0, 0.05) is 29.7 Å². The van der Waals surface area contributed by atoms with Crippen molar-refractivity contribution in [3.63, 3.8) is 0 Å². The highest BCUT2D eigenvalue weighted by atomic mass is 32.2. The van der Waals surface area contributed by atoms with E-state index in [1.165, 1.54) is 0 Å². The molecule has 0 aromatic heterocycles. The summed E-state index contributed by atoms with van der Waals surface area (Å²) < 4.78 is 27.6. The Balaban J connectivity index is 1.47. The number of nitrogens with one attached hydrogen (secondary N) is 2. The molecule has 2 aromatic rings. The molecule has 0 bridgehead atoms. The lowest BCUT2D eigenvalue weighted by Crippen LogP contribution is -2.46. The highest BCUT2D eigenvalue weighted by Crippen LogP contribution is 2.19. The van der Waals surface area contributed by atoms with Gasteiger partial charge in [-0.25, -0.2) is 13.1 Å². The first kappa shape index (κ1) is 20.9. The van der Waals surface area contributed by atoms with Gasteiger partial charge in [-0.05, 0) is 49.4 Å². The van der Waals surface area contributed by atoms with Crippen molar-refractivity contribution in [2.24, 2.45) is 0 Å². The van der Waals surface area contributed by atoms with Crippen LogP contribution in [0.5, 0.6) is 0 Å². The second-order valence-electron chi connectivity index (χ2n) is 6.76. The van der Waals surface area contributed by atoms with E-state index in [1.54, 1.807) is 42.1 Å². The van der Waals surface area contributed by atoms with E-state index in [9.17, 15) is 13.2 Å². The van der Waals surface area contributed by atoms with Gasteiger partial charge in [-0.2, -0.15) is 0 Å². The third-order valence-corrected chi connectivity index (χ3v) is 6.95. The number of thioether (sulfide) groups is 1. The van der Waals surface area contributed by atoms with Crippen LogP contribution in [-0.2, 0) is 14.8 Å². The summed E-state index contributed by atoms with van der Waals surface area (Å²) in [7, 11) is -3.50. The summed E-state index contributed by atoms with van der Waals surface area (Å²) in [6.45, 7) is 1.67. The van der Waals surface area contributed by atoms with Crippen molar-refractivity contribution in [3.8, 4) is 0 Å². The minimum atomic E-state index is -3.50. The van der Waals surface area contributed by atoms with E-state index in [-0.39, 0.29) is 16.8 Å². The van der Waals surface area contributed by atoms with Crippen LogP contribution in [0.3, 0.4) is 0 Å². The van der Waals surface area contributed by atoms with E-state index in [0.29, 0.717) is 32.5 Å². The summed E-state index contributed by atoms with van der Waals surface area (Å²) in [6.07, 6.45) is 3.36. The van der Waals surface area contributed by atoms with Crippen molar-refractivity contribution in [1.82, 2.24) is 9.62 Å². The molecule has 0 unspecified atom stereocenters. The Hall–Kier alpha value is -1.87. The maximum Gasteiger partial charge on any atom is 0.240 e. The molecule has 150 valence electrons. The molecule has 3 rings (SSSR count). The summed E-state index contributed by atoms with van der Waals surface area (Å²) in [5.74, 6) is -0.0541. The van der Waals surface area contributed by atoms with Crippen LogP contribution in [0.15, 0.2) is 64.4 Å². The molecule has 0 radical (unpaired) electrons. The first-order valence-corrected chi connectivity index (χ1v) is 11.9. The fourth-order valence-electron chi connectivity index (χ4n) is 3.20. The number of benzene rings is 2. The van der Waals surface area contributed by atoms with Gasteiger partial charge in [-0.15, -0.1) is 11.8 Å². The van der Waals surface area contributed by atoms with E-state index < -0.39 is 10.0 Å². The number of hydrogen-bond donors (Lipinski definition) is 2. The number of hydrogen-bond acceptors (Lipinski definition) is 5. The first-order valence-electron chi connectivity index (χ1n) is 9.20. The molecule has 1 aliphatic rings. The van der Waals surface area contributed by atoms with Crippen molar-refractivity contribution >= 4 is 33.4 Å². The number of likely N-dealkylation sites (tertiary alicyclic amines) is 1. The molecule has 0 aliphatic carbocycles. The van der Waals surface area contributed by atoms with Gasteiger partial charge in [-0.1, -0.05) is 24.3 Å². The van der Waals surface area contributed by atoms with Gasteiger partial charge < -0.3 is 5.32 Å². The minimum Gasteiger partial charge on any atom is -0.325 e. The van der Waals surface area contributed by atoms with E-state index in [0.717, 1.165) is 10.6 Å². The molecular formula is C20H25N3O3S2. The fraction of sp³-hybridized carbons (Fsp3) is 0.350. The number of nitrogens with zero attached hydrogens (tertiary/aromatic N) is 1. The first-order chi connectivity index (χ1) is 13.5. The van der Waals surface area contributed by atoms with Crippen LogP contribution in [0.1, 0.15) is 12.8 Å². The summed E-state index contributed by atoms with van der Waals surface area (Å²) in [4.78, 5) is 15.7. The zero-order chi connectivity index (χ0) is 20.0. The summed E-state index contributed by atoms with van der Waals surface area (Å²) in [6, 6.07) is 16.0. The maximum absolute atomic E-state index is 12.4. The van der Waals surface area contributed by atoms with Crippen molar-refractivity contribution in [3.05, 3.63) is 54.6 Å². The molecule has 28 heavy (non-hydrogen) atoms. The van der Waals surface area contributed by atoms with E-state index in [2.05, 4.69) is 14.9 Å². The summed E-state index contributed by atoms with van der Waals surface area (Å²) in [5.41, 5.74) is 0.794. The van der Waals surface area contributed by atoms with Gasteiger partial charge >= 0.3 is 0 Å². The predicted molar refractivity (Wildman–Crippen MR) is 113 cm³/mol. The fourth-order valence-corrected chi connectivity index (χ4v) is 4.99. The predicted octanol–water partition coefficient (Wildman–Crippen LogP) is 2.79. The number of amides is 1. The average Bonchev–Trinajstić information content (AvgIpc) is 2.70. The molecule has 1 fully saturated rings. The molecule has 1 saturated heterocycles. The molecule has 2 aromatic carbocycles. The number of piperidine rings is 1. The lowest BCUT2D eigenvalue weighted by molar-refractivity contribution is -0.117. The van der Waals surface area contributed by atoms with Crippen molar-refractivity contribution < 1.29 is 13.2 Å². The SMILES string of the molecule is CSc1cccc(NC(=O)CN2CCC(NS(=O)(=O)c3ccccc3)CC2)c1. The van der Waals surface area contributed by atoms with Crippen LogP contribution < -0.4 is 10.0 Å². The van der Waals surface area contributed by atoms with Crippen LogP contribution >= 0.6 is 11.8 Å². The Bertz CT molecular complexity index is 896. The number of rotatable bonds is 7. The Morgan fingerprint density at radius 3 is 2.50 bits per heavy atom. The summed E-state index contributed by atoms with van der Waals surface area (Å²) >= 11 is 1.63. The molecule has 8 heteroatoms. The second kappa shape index (κ2) is 9.56. The molecule has 1 aliphatic heterocycles. The number of carbonyl (C=O) groups excluding carboxylic acids is 1. The van der Waals surface area contributed by atoms with Gasteiger partial charge in [-0.3, -0.25) is 9.69 Å². The molecule has 1 heterocycles. The highest BCUT2D eigenvalue weighted by molar-refractivity contribution is 7.98. The van der Waals surface area contributed by atoms with Gasteiger partial charge in [0.05, 0.1) is 11.4 Å². The standard InChI is InChI=1S/C20H25N3O3S2/c1-27-18-7-5-6-17(14-18)21-20(24)15-23-12-10-16(11-13-23)22-28(25,26)19-8-3-2-4-9-19/h2-9,14,16,22H,10-13,15H2,1H3,(H,21,24). The number of carbonyl (C=O) groups is 1. The normalized spacial score (nSPS) is 16.0.